The van der Waals surface area contributed by atoms with Crippen LogP contribution in [0.5, 0.6) is 0 Å². The van der Waals surface area contributed by atoms with Crippen LogP contribution in [0.1, 0.15) is 10.4 Å². The van der Waals surface area contributed by atoms with Gasteiger partial charge in [-0.05, 0) is 23.9 Å². The van der Waals surface area contributed by atoms with Crippen LogP contribution < -0.4 is 5.32 Å². The molecule has 1 unspecified atom stereocenters. The molecule has 0 radical (unpaired) electrons. The molecule has 1 saturated heterocycles. The third-order valence-electron chi connectivity index (χ3n) is 3.73. The number of hydrogen-bond donors (Lipinski definition) is 1. The lowest BCUT2D eigenvalue weighted by atomic mass is 9.99. The first kappa shape index (κ1) is 12.3. The number of piperazine rings is 1. The number of Topliss-reactive ketones (excluding diaryl/α,β-unsaturated/α-hetero) is 1. The SMILES string of the molecule is CN1CCNC(C(=O)c2ccc3ccccc3c2)C1. The Hall–Kier alpha value is -1.71. The summed E-state index contributed by atoms with van der Waals surface area (Å²) in [6.45, 7) is 2.66. The van der Waals surface area contributed by atoms with Crippen molar-refractivity contribution in [2.24, 2.45) is 0 Å². The molecule has 2 aromatic carbocycles. The van der Waals surface area contributed by atoms with E-state index in [1.54, 1.807) is 0 Å². The maximum absolute atomic E-state index is 12.5. The largest absolute Gasteiger partial charge is 0.305 e. The Morgan fingerprint density at radius 2 is 2.00 bits per heavy atom. The molecule has 1 aliphatic heterocycles. The number of benzene rings is 2. The number of ketones is 1. The minimum atomic E-state index is -0.0834. The first-order valence-electron chi connectivity index (χ1n) is 6.69. The molecule has 0 spiro atoms. The molecule has 98 valence electrons. The molecule has 0 saturated carbocycles. The number of nitrogens with one attached hydrogen (secondary N) is 1. The van der Waals surface area contributed by atoms with Crippen molar-refractivity contribution in [3.63, 3.8) is 0 Å². The van der Waals surface area contributed by atoms with Gasteiger partial charge in [-0.25, -0.2) is 0 Å². The fraction of sp³-hybridized carbons (Fsp3) is 0.312. The molecule has 0 aromatic heterocycles. The number of nitrogens with zero attached hydrogens (tertiary/aromatic N) is 1. The van der Waals surface area contributed by atoms with E-state index in [1.807, 2.05) is 36.4 Å². The summed E-state index contributed by atoms with van der Waals surface area (Å²) in [5, 5.41) is 5.60. The number of carbonyl (C=O) groups is 1. The number of rotatable bonds is 2. The van der Waals surface area contributed by atoms with E-state index in [0.29, 0.717) is 0 Å². The second-order valence-electron chi connectivity index (χ2n) is 5.20. The predicted molar refractivity (Wildman–Crippen MR) is 77.6 cm³/mol. The van der Waals surface area contributed by atoms with Gasteiger partial charge in [0.2, 0.25) is 0 Å². The van der Waals surface area contributed by atoms with Crippen molar-refractivity contribution in [2.75, 3.05) is 26.7 Å². The summed E-state index contributed by atoms with van der Waals surface area (Å²) in [7, 11) is 2.06. The lowest BCUT2D eigenvalue weighted by Gasteiger charge is -2.29. The standard InChI is InChI=1S/C16H18N2O/c1-18-9-8-17-15(11-18)16(19)14-7-6-12-4-2-3-5-13(12)10-14/h2-7,10,15,17H,8-9,11H2,1H3. The molecule has 0 bridgehead atoms. The van der Waals surface area contributed by atoms with Gasteiger partial charge in [-0.1, -0.05) is 36.4 Å². The van der Waals surface area contributed by atoms with Crippen LogP contribution >= 0.6 is 0 Å². The Kier molecular flexibility index (Phi) is 3.32. The quantitative estimate of drug-likeness (QED) is 0.831. The highest BCUT2D eigenvalue weighted by atomic mass is 16.1. The maximum atomic E-state index is 12.5. The summed E-state index contributed by atoms with van der Waals surface area (Å²) < 4.78 is 0. The molecule has 0 amide bonds. The van der Waals surface area contributed by atoms with E-state index in [2.05, 4.69) is 23.3 Å². The van der Waals surface area contributed by atoms with Crippen molar-refractivity contribution < 1.29 is 4.79 Å². The zero-order chi connectivity index (χ0) is 13.2. The molecule has 19 heavy (non-hydrogen) atoms. The van der Waals surface area contributed by atoms with E-state index in [-0.39, 0.29) is 11.8 Å². The molecule has 3 heteroatoms. The summed E-state index contributed by atoms with van der Waals surface area (Å²) in [4.78, 5) is 14.7. The van der Waals surface area contributed by atoms with Crippen LogP contribution in [0.3, 0.4) is 0 Å². The third kappa shape index (κ3) is 2.53. The van der Waals surface area contributed by atoms with E-state index in [0.717, 1.165) is 30.6 Å². The molecule has 1 fully saturated rings. The van der Waals surface area contributed by atoms with E-state index < -0.39 is 0 Å². The van der Waals surface area contributed by atoms with Crippen LogP contribution in [0.15, 0.2) is 42.5 Å². The summed E-state index contributed by atoms with van der Waals surface area (Å²) in [6, 6.07) is 14.0. The second kappa shape index (κ2) is 5.11. The Bertz CT molecular complexity index is 608. The Morgan fingerprint density at radius 3 is 2.79 bits per heavy atom. The van der Waals surface area contributed by atoms with Gasteiger partial charge in [0.25, 0.3) is 0 Å². The first-order chi connectivity index (χ1) is 9.24. The van der Waals surface area contributed by atoms with Crippen LogP contribution in [-0.4, -0.2) is 43.4 Å². The fourth-order valence-corrected chi connectivity index (χ4v) is 2.62. The topological polar surface area (TPSA) is 32.3 Å². The molecule has 0 aliphatic carbocycles. The first-order valence-corrected chi connectivity index (χ1v) is 6.69. The number of carbonyl (C=O) groups excluding carboxylic acids is 1. The molecule has 3 nitrogen and oxygen atoms in total. The minimum absolute atomic E-state index is 0.0834. The Labute approximate surface area is 113 Å². The van der Waals surface area contributed by atoms with Gasteiger partial charge in [-0.15, -0.1) is 0 Å². The molecular formula is C16H18N2O. The van der Waals surface area contributed by atoms with Crippen molar-refractivity contribution >= 4 is 16.6 Å². The van der Waals surface area contributed by atoms with E-state index in [9.17, 15) is 4.79 Å². The molecule has 3 rings (SSSR count). The van der Waals surface area contributed by atoms with Gasteiger partial charge in [-0.2, -0.15) is 0 Å². The second-order valence-corrected chi connectivity index (χ2v) is 5.20. The van der Waals surface area contributed by atoms with E-state index in [1.165, 1.54) is 5.39 Å². The van der Waals surface area contributed by atoms with E-state index in [4.69, 9.17) is 0 Å². The van der Waals surface area contributed by atoms with Crippen molar-refractivity contribution in [1.29, 1.82) is 0 Å². The number of hydrogen-bond acceptors (Lipinski definition) is 3. The van der Waals surface area contributed by atoms with Crippen LogP contribution in [0.25, 0.3) is 10.8 Å². The van der Waals surface area contributed by atoms with Gasteiger partial charge in [0.15, 0.2) is 5.78 Å². The molecular weight excluding hydrogens is 236 g/mol. The molecule has 1 aliphatic rings. The summed E-state index contributed by atoms with van der Waals surface area (Å²) in [5.41, 5.74) is 0.798. The van der Waals surface area contributed by atoms with Crippen LogP contribution in [0, 0.1) is 0 Å². The summed E-state index contributed by atoms with van der Waals surface area (Å²) in [5.74, 6) is 0.192. The zero-order valence-corrected chi connectivity index (χ0v) is 11.1. The maximum Gasteiger partial charge on any atom is 0.181 e. The van der Waals surface area contributed by atoms with Gasteiger partial charge in [-0.3, -0.25) is 4.79 Å². The monoisotopic (exact) mass is 254 g/mol. The number of fused-ring (bicyclic) bond motifs is 1. The predicted octanol–water partition coefficient (Wildman–Crippen LogP) is 1.93. The smallest absolute Gasteiger partial charge is 0.181 e. The highest BCUT2D eigenvalue weighted by Crippen LogP contribution is 2.17. The van der Waals surface area contributed by atoms with Gasteiger partial charge in [0, 0.05) is 25.2 Å². The lowest BCUT2D eigenvalue weighted by Crippen LogP contribution is -2.52. The normalized spacial score (nSPS) is 20.6. The molecule has 1 heterocycles. The Morgan fingerprint density at radius 1 is 1.21 bits per heavy atom. The zero-order valence-electron chi connectivity index (χ0n) is 11.1. The average molecular weight is 254 g/mol. The number of likely N-dealkylation sites (N-methyl/N-ethyl adjacent to an activating group) is 1. The minimum Gasteiger partial charge on any atom is -0.305 e. The van der Waals surface area contributed by atoms with Gasteiger partial charge < -0.3 is 10.2 Å². The average Bonchev–Trinajstić information content (AvgIpc) is 2.46. The van der Waals surface area contributed by atoms with Gasteiger partial charge in [0.1, 0.15) is 0 Å². The highest BCUT2D eigenvalue weighted by molar-refractivity contribution is 6.03. The van der Waals surface area contributed by atoms with Crippen molar-refractivity contribution in [1.82, 2.24) is 10.2 Å². The van der Waals surface area contributed by atoms with Crippen LogP contribution in [-0.2, 0) is 0 Å². The molecule has 1 N–H and O–H groups in total. The summed E-state index contributed by atoms with van der Waals surface area (Å²) >= 11 is 0. The Balaban J connectivity index is 1.88. The van der Waals surface area contributed by atoms with Gasteiger partial charge in [0.05, 0.1) is 6.04 Å². The molecule has 1 atom stereocenters. The van der Waals surface area contributed by atoms with Crippen LogP contribution in [0.2, 0.25) is 0 Å². The van der Waals surface area contributed by atoms with Gasteiger partial charge >= 0.3 is 0 Å². The molecule has 2 aromatic rings. The summed E-state index contributed by atoms with van der Waals surface area (Å²) in [6.07, 6.45) is 0. The van der Waals surface area contributed by atoms with Crippen molar-refractivity contribution in [2.45, 2.75) is 6.04 Å². The van der Waals surface area contributed by atoms with Crippen molar-refractivity contribution in [3.8, 4) is 0 Å². The van der Waals surface area contributed by atoms with E-state index >= 15 is 0 Å². The third-order valence-corrected chi connectivity index (χ3v) is 3.73. The fourth-order valence-electron chi connectivity index (χ4n) is 2.62. The van der Waals surface area contributed by atoms with Crippen LogP contribution in [0.4, 0.5) is 0 Å². The van der Waals surface area contributed by atoms with Crippen molar-refractivity contribution in [3.05, 3.63) is 48.0 Å². The highest BCUT2D eigenvalue weighted by Gasteiger charge is 2.24. The lowest BCUT2D eigenvalue weighted by molar-refractivity contribution is 0.0894.